The number of amides is 1. The highest BCUT2D eigenvalue weighted by Crippen LogP contribution is 2.23. The number of hydrogen-bond donors (Lipinski definition) is 0. The summed E-state index contributed by atoms with van der Waals surface area (Å²) in [6.45, 7) is 4.44. The van der Waals surface area contributed by atoms with Crippen molar-refractivity contribution in [2.45, 2.75) is 32.4 Å². The van der Waals surface area contributed by atoms with Gasteiger partial charge in [-0.3, -0.25) is 14.7 Å². The zero-order chi connectivity index (χ0) is 18.8. The Hall–Kier alpha value is -2.73. The van der Waals surface area contributed by atoms with Gasteiger partial charge in [0.2, 0.25) is 0 Å². The second-order valence-electron chi connectivity index (χ2n) is 7.21. The first-order valence-corrected chi connectivity index (χ1v) is 9.50. The van der Waals surface area contributed by atoms with Crippen molar-refractivity contribution in [1.82, 2.24) is 24.2 Å². The lowest BCUT2D eigenvalue weighted by atomic mass is 10.1. The van der Waals surface area contributed by atoms with Crippen LogP contribution < -0.4 is 0 Å². The molecule has 0 radical (unpaired) electrons. The summed E-state index contributed by atoms with van der Waals surface area (Å²) in [4.78, 5) is 26.1. The zero-order valence-electron chi connectivity index (χ0n) is 15.9. The first kappa shape index (κ1) is 17.7. The van der Waals surface area contributed by atoms with E-state index in [2.05, 4.69) is 34.9 Å². The molecule has 1 aliphatic rings. The van der Waals surface area contributed by atoms with Crippen molar-refractivity contribution in [3.8, 4) is 0 Å². The van der Waals surface area contributed by atoms with Crippen molar-refractivity contribution in [2.75, 3.05) is 20.1 Å². The molecule has 0 aliphatic carbocycles. The molecule has 1 amide bonds. The Morgan fingerprint density at radius 1 is 1.22 bits per heavy atom. The van der Waals surface area contributed by atoms with Crippen molar-refractivity contribution in [1.29, 1.82) is 0 Å². The summed E-state index contributed by atoms with van der Waals surface area (Å²) in [7, 11) is 2.07. The lowest BCUT2D eigenvalue weighted by Crippen LogP contribution is -2.30. The Balaban J connectivity index is 1.67. The van der Waals surface area contributed by atoms with E-state index in [0.29, 0.717) is 12.2 Å². The molecule has 1 fully saturated rings. The molecule has 1 aliphatic heterocycles. The number of fused-ring (bicyclic) bond motifs is 1. The largest absolute Gasteiger partial charge is 0.337 e. The van der Waals surface area contributed by atoms with Crippen LogP contribution in [0, 0.1) is 0 Å². The van der Waals surface area contributed by atoms with Crippen molar-refractivity contribution in [3.05, 3.63) is 65.9 Å². The Labute approximate surface area is 159 Å². The summed E-state index contributed by atoms with van der Waals surface area (Å²) in [6.07, 6.45) is 7.82. The van der Waals surface area contributed by atoms with Gasteiger partial charge >= 0.3 is 0 Å². The number of likely N-dealkylation sites (tertiary alicyclic amines) is 1. The van der Waals surface area contributed by atoms with Crippen LogP contribution in [0.3, 0.4) is 0 Å². The highest BCUT2D eigenvalue weighted by molar-refractivity contribution is 5.94. The second-order valence-corrected chi connectivity index (χ2v) is 7.21. The zero-order valence-corrected chi connectivity index (χ0v) is 15.9. The van der Waals surface area contributed by atoms with E-state index in [1.54, 1.807) is 6.20 Å². The Morgan fingerprint density at radius 3 is 2.78 bits per heavy atom. The molecular formula is C21H25N5O. The molecule has 0 aromatic carbocycles. The van der Waals surface area contributed by atoms with Crippen LogP contribution in [0.15, 0.2) is 48.9 Å². The molecule has 0 unspecified atom stereocenters. The predicted octanol–water partition coefficient (Wildman–Crippen LogP) is 3.16. The Bertz CT molecular complexity index is 930. The normalized spacial score (nSPS) is 15.6. The van der Waals surface area contributed by atoms with E-state index < -0.39 is 0 Å². The van der Waals surface area contributed by atoms with E-state index in [1.807, 2.05) is 46.0 Å². The van der Waals surface area contributed by atoms with Gasteiger partial charge in [-0.15, -0.1) is 0 Å². The minimum absolute atomic E-state index is 0.0497. The maximum absolute atomic E-state index is 13.1. The SMILES string of the molecule is C[C@@H](c1cccnc1)N(C)Cc1c(C(=O)N2CCCC2)nc2ccccn12. The first-order chi connectivity index (χ1) is 13.1. The average Bonchev–Trinajstić information content (AvgIpc) is 3.36. The van der Waals surface area contributed by atoms with Crippen LogP contribution in [0.2, 0.25) is 0 Å². The molecule has 0 N–H and O–H groups in total. The van der Waals surface area contributed by atoms with Crippen LogP contribution in [0.4, 0.5) is 0 Å². The average molecular weight is 363 g/mol. The summed E-state index contributed by atoms with van der Waals surface area (Å²) in [5.74, 6) is 0.0497. The van der Waals surface area contributed by atoms with Gasteiger partial charge in [0.15, 0.2) is 5.69 Å². The smallest absolute Gasteiger partial charge is 0.274 e. The molecule has 0 bridgehead atoms. The number of carbonyl (C=O) groups excluding carboxylic acids is 1. The van der Waals surface area contributed by atoms with E-state index in [9.17, 15) is 4.79 Å². The number of hydrogen-bond acceptors (Lipinski definition) is 4. The van der Waals surface area contributed by atoms with Crippen molar-refractivity contribution < 1.29 is 4.79 Å². The van der Waals surface area contributed by atoms with E-state index >= 15 is 0 Å². The number of pyridine rings is 2. The third-order valence-corrected chi connectivity index (χ3v) is 5.45. The summed E-state index contributed by atoms with van der Waals surface area (Å²) < 4.78 is 2.04. The van der Waals surface area contributed by atoms with E-state index in [-0.39, 0.29) is 11.9 Å². The maximum atomic E-state index is 13.1. The third kappa shape index (κ3) is 3.45. The molecule has 3 aromatic rings. The summed E-state index contributed by atoms with van der Waals surface area (Å²) >= 11 is 0. The fourth-order valence-corrected chi connectivity index (χ4v) is 3.69. The lowest BCUT2D eigenvalue weighted by Gasteiger charge is -2.25. The molecule has 140 valence electrons. The molecular weight excluding hydrogens is 338 g/mol. The number of carbonyl (C=O) groups is 1. The molecule has 4 heterocycles. The maximum Gasteiger partial charge on any atom is 0.274 e. The van der Waals surface area contributed by atoms with Gasteiger partial charge in [-0.05, 0) is 50.6 Å². The van der Waals surface area contributed by atoms with Gasteiger partial charge in [-0.25, -0.2) is 4.98 Å². The topological polar surface area (TPSA) is 53.7 Å². The summed E-state index contributed by atoms with van der Waals surface area (Å²) in [6, 6.07) is 10.1. The number of nitrogens with zero attached hydrogens (tertiary/aromatic N) is 5. The van der Waals surface area contributed by atoms with Crippen molar-refractivity contribution in [2.24, 2.45) is 0 Å². The molecule has 27 heavy (non-hydrogen) atoms. The highest BCUT2D eigenvalue weighted by atomic mass is 16.2. The van der Waals surface area contributed by atoms with Crippen molar-refractivity contribution >= 4 is 11.6 Å². The van der Waals surface area contributed by atoms with Crippen LogP contribution in [0.25, 0.3) is 5.65 Å². The molecule has 4 rings (SSSR count). The molecule has 3 aromatic heterocycles. The third-order valence-electron chi connectivity index (χ3n) is 5.45. The molecule has 6 nitrogen and oxygen atoms in total. The Morgan fingerprint density at radius 2 is 2.04 bits per heavy atom. The molecule has 6 heteroatoms. The molecule has 0 spiro atoms. The van der Waals surface area contributed by atoms with Crippen molar-refractivity contribution in [3.63, 3.8) is 0 Å². The van der Waals surface area contributed by atoms with E-state index in [4.69, 9.17) is 0 Å². The molecule has 1 atom stereocenters. The van der Waals surface area contributed by atoms with Gasteiger partial charge in [0, 0.05) is 44.3 Å². The first-order valence-electron chi connectivity index (χ1n) is 9.50. The van der Waals surface area contributed by atoms with E-state index in [0.717, 1.165) is 42.8 Å². The minimum Gasteiger partial charge on any atom is -0.337 e. The fourth-order valence-electron chi connectivity index (χ4n) is 3.69. The van der Waals surface area contributed by atoms with Gasteiger partial charge in [0.25, 0.3) is 5.91 Å². The van der Waals surface area contributed by atoms with Gasteiger partial charge in [0.05, 0.1) is 5.69 Å². The molecule has 1 saturated heterocycles. The summed E-state index contributed by atoms with van der Waals surface area (Å²) in [5, 5.41) is 0. The van der Waals surface area contributed by atoms with Gasteiger partial charge in [-0.1, -0.05) is 12.1 Å². The standard InChI is InChI=1S/C21H25N5O/c1-16(17-8-7-10-22-14-17)24(2)15-18-20(21(27)25-11-5-6-12-25)23-19-9-3-4-13-26(18)19/h3-4,7-10,13-14,16H,5-6,11-12,15H2,1-2H3/t16-/m0/s1. The van der Waals surface area contributed by atoms with Crippen LogP contribution in [0.1, 0.15) is 47.6 Å². The summed E-state index contributed by atoms with van der Waals surface area (Å²) in [5.41, 5.74) is 3.49. The Kier molecular flexibility index (Phi) is 4.90. The van der Waals surface area contributed by atoms with Gasteiger partial charge in [-0.2, -0.15) is 0 Å². The lowest BCUT2D eigenvalue weighted by molar-refractivity contribution is 0.0785. The van der Waals surface area contributed by atoms with Crippen LogP contribution in [-0.4, -0.2) is 50.2 Å². The van der Waals surface area contributed by atoms with Gasteiger partial charge in [0.1, 0.15) is 5.65 Å². The number of rotatable bonds is 5. The van der Waals surface area contributed by atoms with E-state index in [1.165, 1.54) is 0 Å². The van der Waals surface area contributed by atoms with Crippen LogP contribution in [-0.2, 0) is 6.54 Å². The number of imidazole rings is 1. The van der Waals surface area contributed by atoms with Crippen LogP contribution >= 0.6 is 0 Å². The number of aromatic nitrogens is 3. The quantitative estimate of drug-likeness (QED) is 0.699. The molecule has 0 saturated carbocycles. The van der Waals surface area contributed by atoms with Crippen LogP contribution in [0.5, 0.6) is 0 Å². The fraction of sp³-hybridized carbons (Fsp3) is 0.381. The van der Waals surface area contributed by atoms with Gasteiger partial charge < -0.3 is 9.30 Å². The highest BCUT2D eigenvalue weighted by Gasteiger charge is 2.27. The minimum atomic E-state index is 0.0497. The monoisotopic (exact) mass is 363 g/mol. The second kappa shape index (κ2) is 7.48. The predicted molar refractivity (Wildman–Crippen MR) is 104 cm³/mol.